The van der Waals surface area contributed by atoms with E-state index in [-0.39, 0.29) is 23.8 Å². The summed E-state index contributed by atoms with van der Waals surface area (Å²) in [5.41, 5.74) is 3.13. The molecule has 0 fully saturated rings. The number of ether oxygens (including phenoxy) is 2. The highest BCUT2D eigenvalue weighted by molar-refractivity contribution is 5.97. The Morgan fingerprint density at radius 1 is 1.09 bits per heavy atom. The lowest BCUT2D eigenvalue weighted by atomic mass is 10.2. The number of furan rings is 2. The molecule has 0 aliphatic rings. The van der Waals surface area contributed by atoms with Gasteiger partial charge in [0.2, 0.25) is 5.76 Å². The van der Waals surface area contributed by atoms with E-state index >= 15 is 0 Å². The van der Waals surface area contributed by atoms with Gasteiger partial charge in [0.25, 0.3) is 5.69 Å². The maximum absolute atomic E-state index is 12.3. The zero-order valence-electron chi connectivity index (χ0n) is 18.1. The third-order valence-electron chi connectivity index (χ3n) is 4.74. The SMILES string of the molecule is COc1cc(/C=N\NC(=O)c2cc3cc([N+](=O)[O-])ccc3o2)ccc1OCc1ccc(C(=O)O)o1. The molecule has 0 radical (unpaired) electrons. The van der Waals surface area contributed by atoms with Crippen LogP contribution in [0.15, 0.2) is 68.5 Å². The van der Waals surface area contributed by atoms with E-state index in [0.717, 1.165) is 0 Å². The lowest BCUT2D eigenvalue weighted by molar-refractivity contribution is -0.384. The van der Waals surface area contributed by atoms with E-state index < -0.39 is 16.8 Å². The molecular formula is C23H17N3O9. The highest BCUT2D eigenvalue weighted by Gasteiger charge is 2.15. The number of non-ortho nitro benzene ring substituents is 1. The van der Waals surface area contributed by atoms with Crippen molar-refractivity contribution >= 4 is 34.7 Å². The number of carboxylic acid groups (broad SMARTS) is 1. The lowest BCUT2D eigenvalue weighted by Crippen LogP contribution is -2.16. The quantitative estimate of drug-likeness (QED) is 0.205. The first-order valence-corrected chi connectivity index (χ1v) is 9.98. The summed E-state index contributed by atoms with van der Waals surface area (Å²) in [7, 11) is 1.45. The first-order valence-electron chi connectivity index (χ1n) is 9.98. The molecule has 2 heterocycles. The molecule has 0 unspecified atom stereocenters. The number of amides is 1. The molecule has 0 aliphatic carbocycles. The second-order valence-corrected chi connectivity index (χ2v) is 7.06. The van der Waals surface area contributed by atoms with Crippen LogP contribution in [0, 0.1) is 10.1 Å². The van der Waals surface area contributed by atoms with Crippen LogP contribution in [-0.2, 0) is 6.61 Å². The average molecular weight is 479 g/mol. The Morgan fingerprint density at radius 2 is 1.91 bits per heavy atom. The molecule has 4 aromatic rings. The first-order chi connectivity index (χ1) is 16.8. The monoisotopic (exact) mass is 479 g/mol. The van der Waals surface area contributed by atoms with Gasteiger partial charge in [-0.25, -0.2) is 10.2 Å². The summed E-state index contributed by atoms with van der Waals surface area (Å²) in [5, 5.41) is 24.1. The van der Waals surface area contributed by atoms with Gasteiger partial charge in [-0.05, 0) is 48.0 Å². The maximum Gasteiger partial charge on any atom is 0.371 e. The number of benzene rings is 2. The molecule has 2 aromatic heterocycles. The number of hydrogen-bond donors (Lipinski definition) is 2. The molecule has 0 spiro atoms. The smallest absolute Gasteiger partial charge is 0.371 e. The fourth-order valence-corrected chi connectivity index (χ4v) is 3.08. The number of fused-ring (bicyclic) bond motifs is 1. The minimum Gasteiger partial charge on any atom is -0.493 e. The van der Waals surface area contributed by atoms with Crippen molar-refractivity contribution in [3.8, 4) is 11.5 Å². The molecule has 1 amide bonds. The van der Waals surface area contributed by atoms with E-state index in [2.05, 4.69) is 10.5 Å². The van der Waals surface area contributed by atoms with E-state index in [0.29, 0.717) is 33.8 Å². The number of nitro groups is 1. The Hall–Kier alpha value is -5.13. The van der Waals surface area contributed by atoms with Crippen LogP contribution in [0.4, 0.5) is 5.69 Å². The van der Waals surface area contributed by atoms with Crippen LogP contribution >= 0.6 is 0 Å². The van der Waals surface area contributed by atoms with Gasteiger partial charge in [0, 0.05) is 17.5 Å². The molecule has 0 saturated heterocycles. The van der Waals surface area contributed by atoms with Gasteiger partial charge in [0.15, 0.2) is 17.3 Å². The molecular weight excluding hydrogens is 462 g/mol. The molecule has 178 valence electrons. The number of nitro benzene ring substituents is 1. The van der Waals surface area contributed by atoms with Gasteiger partial charge in [-0.3, -0.25) is 14.9 Å². The van der Waals surface area contributed by atoms with Crippen molar-refractivity contribution in [1.29, 1.82) is 0 Å². The second kappa shape index (κ2) is 9.79. The van der Waals surface area contributed by atoms with Crippen molar-refractivity contribution in [2.75, 3.05) is 7.11 Å². The number of rotatable bonds is 9. The zero-order valence-corrected chi connectivity index (χ0v) is 18.1. The summed E-state index contributed by atoms with van der Waals surface area (Å²) in [6, 6.07) is 13.1. The minimum absolute atomic E-state index is 0.00616. The number of methoxy groups -OCH3 is 1. The van der Waals surface area contributed by atoms with Crippen LogP contribution in [0.3, 0.4) is 0 Å². The predicted octanol–water partition coefficient (Wildman–Crippen LogP) is 3.98. The fourth-order valence-electron chi connectivity index (χ4n) is 3.08. The molecule has 0 saturated carbocycles. The topological polar surface area (TPSA) is 167 Å². The van der Waals surface area contributed by atoms with Crippen LogP contribution < -0.4 is 14.9 Å². The summed E-state index contributed by atoms with van der Waals surface area (Å²) >= 11 is 0. The number of nitrogens with zero attached hydrogens (tertiary/aromatic N) is 2. The Bertz CT molecular complexity index is 1450. The number of nitrogens with one attached hydrogen (secondary N) is 1. The van der Waals surface area contributed by atoms with E-state index in [1.54, 1.807) is 18.2 Å². The normalized spacial score (nSPS) is 11.0. The van der Waals surface area contributed by atoms with Gasteiger partial charge in [-0.15, -0.1) is 0 Å². The van der Waals surface area contributed by atoms with Gasteiger partial charge in [0.1, 0.15) is 18.0 Å². The minimum atomic E-state index is -1.17. The van der Waals surface area contributed by atoms with E-state index in [1.165, 1.54) is 49.7 Å². The third-order valence-corrected chi connectivity index (χ3v) is 4.74. The molecule has 4 rings (SSSR count). The summed E-state index contributed by atoms with van der Waals surface area (Å²) in [4.78, 5) is 33.6. The predicted molar refractivity (Wildman–Crippen MR) is 121 cm³/mol. The van der Waals surface area contributed by atoms with Gasteiger partial charge >= 0.3 is 11.9 Å². The molecule has 0 atom stereocenters. The molecule has 35 heavy (non-hydrogen) atoms. The Kier molecular flexibility index (Phi) is 6.44. The summed E-state index contributed by atoms with van der Waals surface area (Å²) < 4.78 is 21.5. The number of hydrazone groups is 1. The van der Waals surface area contributed by atoms with Crippen molar-refractivity contribution in [3.05, 3.63) is 87.6 Å². The Morgan fingerprint density at radius 3 is 2.63 bits per heavy atom. The van der Waals surface area contributed by atoms with Crippen molar-refractivity contribution in [1.82, 2.24) is 5.43 Å². The van der Waals surface area contributed by atoms with Crippen molar-refractivity contribution in [3.63, 3.8) is 0 Å². The molecule has 0 aliphatic heterocycles. The lowest BCUT2D eigenvalue weighted by Gasteiger charge is -2.10. The van der Waals surface area contributed by atoms with E-state index in [9.17, 15) is 19.7 Å². The van der Waals surface area contributed by atoms with Crippen molar-refractivity contribution in [2.24, 2.45) is 5.10 Å². The fraction of sp³-hybridized carbons (Fsp3) is 0.0870. The zero-order chi connectivity index (χ0) is 24.9. The number of carbonyl (C=O) groups is 2. The molecule has 12 heteroatoms. The first kappa shape index (κ1) is 23.0. The van der Waals surface area contributed by atoms with Crippen LogP contribution in [0.25, 0.3) is 11.0 Å². The van der Waals surface area contributed by atoms with Crippen LogP contribution in [0.2, 0.25) is 0 Å². The van der Waals surface area contributed by atoms with Crippen LogP contribution in [-0.4, -0.2) is 35.2 Å². The summed E-state index contributed by atoms with van der Waals surface area (Å²) in [6.07, 6.45) is 1.38. The van der Waals surface area contributed by atoms with E-state index in [1.807, 2.05) is 0 Å². The van der Waals surface area contributed by atoms with Crippen LogP contribution in [0.5, 0.6) is 11.5 Å². The maximum atomic E-state index is 12.3. The van der Waals surface area contributed by atoms with Gasteiger partial charge in [-0.2, -0.15) is 5.10 Å². The molecule has 2 N–H and O–H groups in total. The molecule has 12 nitrogen and oxygen atoms in total. The van der Waals surface area contributed by atoms with E-state index in [4.69, 9.17) is 23.4 Å². The third kappa shape index (κ3) is 5.27. The molecule has 2 aromatic carbocycles. The Balaban J connectivity index is 1.39. The number of aromatic carboxylic acids is 1. The summed E-state index contributed by atoms with van der Waals surface area (Å²) in [6.45, 7) is -0.00616. The standard InChI is InChI=1S/C23H17N3O9/c1-32-20-8-13(2-5-18(20)33-12-16-4-7-19(34-16)23(28)29)11-24-25-22(27)21-10-14-9-15(26(30)31)3-6-17(14)35-21/h2-11H,12H2,1H3,(H,25,27)(H,28,29)/b24-11-. The van der Waals surface area contributed by atoms with Crippen molar-refractivity contribution in [2.45, 2.75) is 6.61 Å². The number of carboxylic acids is 1. The van der Waals surface area contributed by atoms with Crippen LogP contribution in [0.1, 0.15) is 32.4 Å². The number of carbonyl (C=O) groups excluding carboxylic acids is 1. The molecule has 0 bridgehead atoms. The van der Waals surface area contributed by atoms with Crippen molar-refractivity contribution < 1.29 is 37.9 Å². The second-order valence-electron chi connectivity index (χ2n) is 7.06. The van der Waals surface area contributed by atoms with Gasteiger partial charge in [0.05, 0.1) is 18.2 Å². The highest BCUT2D eigenvalue weighted by Crippen LogP contribution is 2.29. The average Bonchev–Trinajstić information content (AvgIpc) is 3.50. The largest absolute Gasteiger partial charge is 0.493 e. The van der Waals surface area contributed by atoms with Gasteiger partial charge in [-0.1, -0.05) is 0 Å². The summed E-state index contributed by atoms with van der Waals surface area (Å²) in [5.74, 6) is -0.948. The number of hydrogen-bond acceptors (Lipinski definition) is 9. The Labute approximate surface area is 196 Å². The highest BCUT2D eigenvalue weighted by atomic mass is 16.6. The van der Waals surface area contributed by atoms with Gasteiger partial charge < -0.3 is 23.4 Å².